The molecular weight excluding hydrogens is 467 g/mol. The number of rotatable bonds is 9. The minimum atomic E-state index is -0.922. The maximum atomic E-state index is 14.0. The van der Waals surface area contributed by atoms with Gasteiger partial charge < -0.3 is 9.84 Å². The molecule has 3 aromatic carbocycles. The van der Waals surface area contributed by atoms with Crippen molar-refractivity contribution >= 4 is 17.6 Å². The van der Waals surface area contributed by atoms with Crippen LogP contribution in [-0.2, 0) is 24.4 Å². The molecule has 4 aromatic rings. The zero-order chi connectivity index (χ0) is 24.9. The lowest BCUT2D eigenvalue weighted by molar-refractivity contribution is -0.136. The summed E-state index contributed by atoms with van der Waals surface area (Å²) < 4.78 is 22.0. The van der Waals surface area contributed by atoms with E-state index in [1.54, 1.807) is 30.3 Å². The maximum absolute atomic E-state index is 14.0. The van der Waals surface area contributed by atoms with Gasteiger partial charge in [-0.25, -0.2) is 4.39 Å². The second-order valence-corrected chi connectivity index (χ2v) is 9.26. The second-order valence-electron chi connectivity index (χ2n) is 8.82. The number of carboxylic acid groups (broad SMARTS) is 1. The van der Waals surface area contributed by atoms with E-state index in [4.69, 9.17) is 21.4 Å². The number of nitrogens with zero attached hydrogens (tertiary/aromatic N) is 2. The lowest BCUT2D eigenvalue weighted by atomic mass is 10.0. The molecule has 1 aromatic heterocycles. The summed E-state index contributed by atoms with van der Waals surface area (Å²) in [6.07, 6.45) is -0.120. The van der Waals surface area contributed by atoms with Gasteiger partial charge in [0.05, 0.1) is 17.8 Å². The molecule has 0 amide bonds. The first kappa shape index (κ1) is 24.5. The fourth-order valence-corrected chi connectivity index (χ4v) is 4.10. The van der Waals surface area contributed by atoms with Crippen molar-refractivity contribution in [3.05, 3.63) is 94.8 Å². The predicted molar refractivity (Wildman–Crippen MR) is 135 cm³/mol. The van der Waals surface area contributed by atoms with Crippen molar-refractivity contribution in [2.24, 2.45) is 5.92 Å². The molecule has 0 aliphatic carbocycles. The van der Waals surface area contributed by atoms with Crippen LogP contribution in [0.1, 0.15) is 25.0 Å². The van der Waals surface area contributed by atoms with E-state index in [0.29, 0.717) is 45.6 Å². The molecule has 180 valence electrons. The highest BCUT2D eigenvalue weighted by Crippen LogP contribution is 2.34. The van der Waals surface area contributed by atoms with Gasteiger partial charge in [-0.1, -0.05) is 55.8 Å². The Morgan fingerprint density at radius 2 is 1.86 bits per heavy atom. The fraction of sp³-hybridized carbons (Fsp3) is 0.214. The average molecular weight is 493 g/mol. The highest BCUT2D eigenvalue weighted by molar-refractivity contribution is 6.30. The Kier molecular flexibility index (Phi) is 7.51. The van der Waals surface area contributed by atoms with Crippen LogP contribution in [0.25, 0.3) is 22.5 Å². The van der Waals surface area contributed by atoms with Crippen LogP contribution in [0.2, 0.25) is 5.02 Å². The summed E-state index contributed by atoms with van der Waals surface area (Å²) in [6, 6.07) is 21.0. The zero-order valence-corrected chi connectivity index (χ0v) is 20.3. The summed E-state index contributed by atoms with van der Waals surface area (Å²) in [7, 11) is 0. The van der Waals surface area contributed by atoms with Crippen LogP contribution in [0.4, 0.5) is 4.39 Å². The highest BCUT2D eigenvalue weighted by atomic mass is 35.5. The van der Waals surface area contributed by atoms with Crippen LogP contribution in [0.3, 0.4) is 0 Å². The van der Waals surface area contributed by atoms with E-state index >= 15 is 0 Å². The molecule has 0 atom stereocenters. The molecule has 0 aliphatic heterocycles. The van der Waals surface area contributed by atoms with Crippen LogP contribution in [-0.4, -0.2) is 20.9 Å². The zero-order valence-electron chi connectivity index (χ0n) is 19.5. The number of hydrogen-bond donors (Lipinski definition) is 1. The fourth-order valence-electron chi connectivity index (χ4n) is 3.89. The van der Waals surface area contributed by atoms with Crippen molar-refractivity contribution in [2.45, 2.75) is 33.4 Å². The smallest absolute Gasteiger partial charge is 0.307 e. The van der Waals surface area contributed by atoms with Crippen molar-refractivity contribution in [3.63, 3.8) is 0 Å². The van der Waals surface area contributed by atoms with Crippen molar-refractivity contribution < 1.29 is 19.0 Å². The number of hydrogen-bond acceptors (Lipinski definition) is 3. The van der Waals surface area contributed by atoms with Gasteiger partial charge in [0.1, 0.15) is 18.2 Å². The lowest BCUT2D eigenvalue weighted by Gasteiger charge is -2.12. The predicted octanol–water partition coefficient (Wildman–Crippen LogP) is 6.87. The van der Waals surface area contributed by atoms with Gasteiger partial charge in [0.15, 0.2) is 0 Å². The third-order valence-electron chi connectivity index (χ3n) is 5.40. The van der Waals surface area contributed by atoms with Crippen LogP contribution in [0.5, 0.6) is 5.75 Å². The topological polar surface area (TPSA) is 64.4 Å². The van der Waals surface area contributed by atoms with Gasteiger partial charge in [0.2, 0.25) is 0 Å². The van der Waals surface area contributed by atoms with Crippen molar-refractivity contribution in [1.82, 2.24) is 9.78 Å². The minimum Gasteiger partial charge on any atom is -0.488 e. The minimum absolute atomic E-state index is 0.120. The Morgan fingerprint density at radius 1 is 1.06 bits per heavy atom. The molecule has 0 fully saturated rings. The maximum Gasteiger partial charge on any atom is 0.307 e. The van der Waals surface area contributed by atoms with Crippen LogP contribution in [0.15, 0.2) is 72.8 Å². The van der Waals surface area contributed by atoms with E-state index in [2.05, 4.69) is 13.8 Å². The van der Waals surface area contributed by atoms with Crippen LogP contribution >= 0.6 is 11.6 Å². The largest absolute Gasteiger partial charge is 0.488 e. The summed E-state index contributed by atoms with van der Waals surface area (Å²) >= 11 is 6.10. The van der Waals surface area contributed by atoms with Gasteiger partial charge in [0.25, 0.3) is 0 Å². The van der Waals surface area contributed by atoms with Gasteiger partial charge >= 0.3 is 5.97 Å². The van der Waals surface area contributed by atoms with Crippen molar-refractivity contribution in [2.75, 3.05) is 0 Å². The molecule has 7 heteroatoms. The molecule has 0 radical (unpaired) electrons. The quantitative estimate of drug-likeness (QED) is 0.277. The number of aromatic nitrogens is 2. The first-order chi connectivity index (χ1) is 16.8. The SMILES string of the molecule is CC(C)Cn1nc(-c2cc(CC(=O)O)ccc2OCc2cccc(Cl)c2)cc1-c1cccc(F)c1. The van der Waals surface area contributed by atoms with Crippen LogP contribution in [0, 0.1) is 11.7 Å². The number of ether oxygens (including phenoxy) is 1. The molecule has 0 unspecified atom stereocenters. The second kappa shape index (κ2) is 10.7. The monoisotopic (exact) mass is 492 g/mol. The Balaban J connectivity index is 1.77. The standard InChI is InChI=1S/C28H26ClFN2O3/c1-18(2)16-32-26(21-6-4-8-23(30)14-21)15-25(31-32)24-12-19(13-28(33)34)9-10-27(24)35-17-20-5-3-7-22(29)11-20/h3-12,14-15,18H,13,16-17H2,1-2H3,(H,33,34). The summed E-state index contributed by atoms with van der Waals surface area (Å²) in [5.41, 5.74) is 4.33. The normalized spacial score (nSPS) is 11.1. The van der Waals surface area contributed by atoms with E-state index in [-0.39, 0.29) is 18.8 Å². The molecule has 35 heavy (non-hydrogen) atoms. The van der Waals surface area contributed by atoms with E-state index in [1.165, 1.54) is 12.1 Å². The van der Waals surface area contributed by atoms with E-state index in [0.717, 1.165) is 11.3 Å². The summed E-state index contributed by atoms with van der Waals surface area (Å²) in [5, 5.41) is 14.7. The van der Waals surface area contributed by atoms with Crippen LogP contribution < -0.4 is 4.74 Å². The van der Waals surface area contributed by atoms with Gasteiger partial charge in [-0.05, 0) is 59.5 Å². The number of halogens is 2. The first-order valence-electron chi connectivity index (χ1n) is 11.3. The third kappa shape index (κ3) is 6.28. The van der Waals surface area contributed by atoms with Gasteiger partial charge in [0, 0.05) is 22.7 Å². The molecule has 5 nitrogen and oxygen atoms in total. The number of carbonyl (C=O) groups is 1. The summed E-state index contributed by atoms with van der Waals surface area (Å²) in [5.74, 6) is -0.365. The molecule has 0 aliphatic rings. The first-order valence-corrected chi connectivity index (χ1v) is 11.7. The Hall–Kier alpha value is -3.64. The molecule has 0 saturated carbocycles. The van der Waals surface area contributed by atoms with Crippen molar-refractivity contribution in [1.29, 1.82) is 0 Å². The van der Waals surface area contributed by atoms with Crippen molar-refractivity contribution in [3.8, 4) is 28.3 Å². The number of aliphatic carboxylic acids is 1. The number of benzene rings is 3. The molecule has 0 bridgehead atoms. The molecule has 0 spiro atoms. The Labute approximate surface area is 208 Å². The molecular formula is C28H26ClFN2O3. The lowest BCUT2D eigenvalue weighted by Crippen LogP contribution is -2.08. The molecule has 4 rings (SSSR count). The summed E-state index contributed by atoms with van der Waals surface area (Å²) in [4.78, 5) is 11.3. The van der Waals surface area contributed by atoms with E-state index in [1.807, 2.05) is 35.0 Å². The van der Waals surface area contributed by atoms with E-state index in [9.17, 15) is 14.3 Å². The van der Waals surface area contributed by atoms with Gasteiger partial charge in [-0.3, -0.25) is 9.48 Å². The highest BCUT2D eigenvalue weighted by Gasteiger charge is 2.18. The third-order valence-corrected chi connectivity index (χ3v) is 5.63. The Morgan fingerprint density at radius 3 is 2.57 bits per heavy atom. The summed E-state index contributed by atoms with van der Waals surface area (Å²) in [6.45, 7) is 5.10. The molecule has 0 saturated heterocycles. The van der Waals surface area contributed by atoms with E-state index < -0.39 is 5.97 Å². The average Bonchev–Trinajstić information content (AvgIpc) is 3.21. The van der Waals surface area contributed by atoms with Gasteiger partial charge in [-0.15, -0.1) is 0 Å². The molecule has 1 heterocycles. The number of carboxylic acids is 1. The Bertz CT molecular complexity index is 1350. The van der Waals surface area contributed by atoms with Gasteiger partial charge in [-0.2, -0.15) is 5.10 Å². The molecule has 1 N–H and O–H groups in total.